The van der Waals surface area contributed by atoms with Gasteiger partial charge in [0.2, 0.25) is 0 Å². The first-order valence-electron chi connectivity index (χ1n) is 8.43. The molecule has 0 aliphatic heterocycles. The molecular weight excluding hydrogens is 312 g/mol. The maximum Gasteiger partial charge on any atom is 0.155 e. The lowest BCUT2D eigenvalue weighted by Crippen LogP contribution is -2.04. The van der Waals surface area contributed by atoms with E-state index in [1.165, 1.54) is 18.4 Å². The molecule has 122 valence electrons. The van der Waals surface area contributed by atoms with Crippen LogP contribution in [0.15, 0.2) is 70.4 Å². The third-order valence-corrected chi connectivity index (χ3v) is 4.81. The Bertz CT molecular complexity index is 1170. The number of rotatable bonds is 2. The fourth-order valence-corrected chi connectivity index (χ4v) is 3.28. The van der Waals surface area contributed by atoms with Crippen molar-refractivity contribution in [3.63, 3.8) is 0 Å². The van der Waals surface area contributed by atoms with Gasteiger partial charge in [-0.3, -0.25) is 4.98 Å². The molecule has 1 fully saturated rings. The standard InChI is InChI=1S/C21H16N2O2/c24-23-18-11-21(19-10-14-3-1-2-4-16(14)12-22-19)25-20-8-7-15(9-17(18)20)13-5-6-13/h1-4,7-13,24H,5-6H2/b23-18+. The molecule has 0 radical (unpaired) electrons. The molecule has 5 rings (SSSR count). The van der Waals surface area contributed by atoms with Crippen LogP contribution in [0.2, 0.25) is 0 Å². The third kappa shape index (κ3) is 2.47. The Kier molecular flexibility index (Phi) is 3.10. The largest absolute Gasteiger partial charge is 0.454 e. The number of nitrogens with zero attached hydrogens (tertiary/aromatic N) is 2. The Hall–Kier alpha value is -3.14. The zero-order valence-electron chi connectivity index (χ0n) is 13.5. The van der Waals surface area contributed by atoms with Crippen molar-refractivity contribution in [1.29, 1.82) is 0 Å². The van der Waals surface area contributed by atoms with Crippen molar-refractivity contribution < 1.29 is 9.62 Å². The van der Waals surface area contributed by atoms with E-state index in [0.29, 0.717) is 22.6 Å². The summed E-state index contributed by atoms with van der Waals surface area (Å²) in [5, 5.41) is 16.5. The van der Waals surface area contributed by atoms with Crippen molar-refractivity contribution in [2.75, 3.05) is 0 Å². The summed E-state index contributed by atoms with van der Waals surface area (Å²) in [4.78, 5) is 4.50. The molecule has 1 aliphatic rings. The highest BCUT2D eigenvalue weighted by Crippen LogP contribution is 2.40. The summed E-state index contributed by atoms with van der Waals surface area (Å²) in [7, 11) is 0. The van der Waals surface area contributed by atoms with Crippen LogP contribution >= 0.6 is 0 Å². The van der Waals surface area contributed by atoms with Crippen LogP contribution in [0, 0.1) is 0 Å². The van der Waals surface area contributed by atoms with Crippen LogP contribution in [-0.4, -0.2) is 10.2 Å². The maximum atomic E-state index is 9.49. The second-order valence-corrected chi connectivity index (χ2v) is 6.54. The van der Waals surface area contributed by atoms with Gasteiger partial charge < -0.3 is 9.62 Å². The van der Waals surface area contributed by atoms with Crippen molar-refractivity contribution in [3.8, 4) is 11.5 Å². The van der Waals surface area contributed by atoms with E-state index < -0.39 is 0 Å². The highest BCUT2D eigenvalue weighted by Gasteiger charge is 2.24. The van der Waals surface area contributed by atoms with E-state index in [4.69, 9.17) is 4.42 Å². The molecule has 0 saturated heterocycles. The van der Waals surface area contributed by atoms with Gasteiger partial charge in [0.1, 0.15) is 16.6 Å². The fraction of sp³-hybridized carbons (Fsp3) is 0.143. The van der Waals surface area contributed by atoms with Gasteiger partial charge >= 0.3 is 0 Å². The van der Waals surface area contributed by atoms with E-state index >= 15 is 0 Å². The van der Waals surface area contributed by atoms with Gasteiger partial charge in [0.15, 0.2) is 5.76 Å². The SMILES string of the molecule is O/N=c1\cc(-c2cc3ccccc3cn2)oc2ccc(C3CC3)cc12. The molecule has 0 atom stereocenters. The highest BCUT2D eigenvalue weighted by atomic mass is 16.4. The first kappa shape index (κ1) is 14.2. The van der Waals surface area contributed by atoms with E-state index in [1.54, 1.807) is 6.07 Å². The molecule has 4 nitrogen and oxygen atoms in total. The van der Waals surface area contributed by atoms with Gasteiger partial charge in [-0.05, 0) is 47.9 Å². The fourth-order valence-electron chi connectivity index (χ4n) is 3.28. The van der Waals surface area contributed by atoms with Gasteiger partial charge in [0.05, 0.1) is 0 Å². The highest BCUT2D eigenvalue weighted by molar-refractivity contribution is 5.85. The van der Waals surface area contributed by atoms with Crippen LogP contribution in [0.25, 0.3) is 33.2 Å². The lowest BCUT2D eigenvalue weighted by Gasteiger charge is -2.06. The van der Waals surface area contributed by atoms with E-state index in [9.17, 15) is 5.21 Å². The molecule has 1 aliphatic carbocycles. The summed E-state index contributed by atoms with van der Waals surface area (Å²) in [6, 6.07) is 17.9. The molecule has 2 heterocycles. The summed E-state index contributed by atoms with van der Waals surface area (Å²) >= 11 is 0. The summed E-state index contributed by atoms with van der Waals surface area (Å²) < 4.78 is 6.06. The molecule has 1 saturated carbocycles. The van der Waals surface area contributed by atoms with Crippen molar-refractivity contribution in [2.24, 2.45) is 5.16 Å². The Morgan fingerprint density at radius 3 is 2.64 bits per heavy atom. The Morgan fingerprint density at radius 1 is 1.00 bits per heavy atom. The average molecular weight is 328 g/mol. The quantitative estimate of drug-likeness (QED) is 0.424. The van der Waals surface area contributed by atoms with Crippen molar-refractivity contribution >= 4 is 21.7 Å². The maximum absolute atomic E-state index is 9.49. The van der Waals surface area contributed by atoms with Crippen LogP contribution in [0.3, 0.4) is 0 Å². The summed E-state index contributed by atoms with van der Waals surface area (Å²) in [5.74, 6) is 1.22. The normalized spacial score (nSPS) is 15.1. The first-order chi connectivity index (χ1) is 12.3. The minimum atomic E-state index is 0.508. The molecule has 0 amide bonds. The van der Waals surface area contributed by atoms with Crippen molar-refractivity contribution in [3.05, 3.63) is 71.7 Å². The number of fused-ring (bicyclic) bond motifs is 2. The molecule has 1 N–H and O–H groups in total. The molecule has 2 aromatic carbocycles. The molecule has 0 unspecified atom stereocenters. The first-order valence-corrected chi connectivity index (χ1v) is 8.43. The molecular formula is C21H16N2O2. The summed E-state index contributed by atoms with van der Waals surface area (Å²) in [6.07, 6.45) is 4.29. The van der Waals surface area contributed by atoms with Gasteiger partial charge in [0, 0.05) is 23.0 Å². The van der Waals surface area contributed by atoms with E-state index in [0.717, 1.165) is 21.9 Å². The van der Waals surface area contributed by atoms with Gasteiger partial charge in [-0.2, -0.15) is 0 Å². The Morgan fingerprint density at radius 2 is 1.84 bits per heavy atom. The van der Waals surface area contributed by atoms with Gasteiger partial charge in [-0.15, -0.1) is 0 Å². The third-order valence-electron chi connectivity index (χ3n) is 4.81. The molecule has 25 heavy (non-hydrogen) atoms. The second-order valence-electron chi connectivity index (χ2n) is 6.54. The van der Waals surface area contributed by atoms with Crippen molar-refractivity contribution in [1.82, 2.24) is 4.98 Å². The van der Waals surface area contributed by atoms with Gasteiger partial charge in [-0.25, -0.2) is 0 Å². The van der Waals surface area contributed by atoms with E-state index in [-0.39, 0.29) is 0 Å². The Labute approximate surface area is 144 Å². The van der Waals surface area contributed by atoms with E-state index in [2.05, 4.69) is 22.3 Å². The lowest BCUT2D eigenvalue weighted by molar-refractivity contribution is 0.302. The average Bonchev–Trinajstić information content (AvgIpc) is 3.51. The van der Waals surface area contributed by atoms with Crippen LogP contribution < -0.4 is 5.36 Å². The second kappa shape index (κ2) is 5.45. The van der Waals surface area contributed by atoms with Crippen molar-refractivity contribution in [2.45, 2.75) is 18.8 Å². The van der Waals surface area contributed by atoms with Gasteiger partial charge in [0.25, 0.3) is 0 Å². The van der Waals surface area contributed by atoms with E-state index in [1.807, 2.05) is 42.6 Å². The predicted octanol–water partition coefficient (Wildman–Crippen LogP) is 4.82. The zero-order chi connectivity index (χ0) is 16.8. The molecule has 2 aromatic heterocycles. The summed E-state index contributed by atoms with van der Waals surface area (Å²) in [5.41, 5.74) is 2.70. The molecule has 0 bridgehead atoms. The van der Waals surface area contributed by atoms with Gasteiger partial charge in [-0.1, -0.05) is 35.5 Å². The number of hydrogen-bond donors (Lipinski definition) is 1. The molecule has 4 aromatic rings. The monoisotopic (exact) mass is 328 g/mol. The number of hydrogen-bond acceptors (Lipinski definition) is 4. The zero-order valence-corrected chi connectivity index (χ0v) is 13.5. The minimum absolute atomic E-state index is 0.508. The van der Waals surface area contributed by atoms with Crippen LogP contribution in [0.4, 0.5) is 0 Å². The predicted molar refractivity (Wildman–Crippen MR) is 96.3 cm³/mol. The smallest absolute Gasteiger partial charge is 0.155 e. The molecule has 0 spiro atoms. The number of pyridine rings is 1. The van der Waals surface area contributed by atoms with Crippen LogP contribution in [0.5, 0.6) is 0 Å². The molecule has 4 heteroatoms. The summed E-state index contributed by atoms with van der Waals surface area (Å²) in [6.45, 7) is 0. The Balaban J connectivity index is 1.71. The van der Waals surface area contributed by atoms with Crippen LogP contribution in [0.1, 0.15) is 24.3 Å². The van der Waals surface area contributed by atoms with Crippen LogP contribution in [-0.2, 0) is 0 Å². The number of aromatic nitrogens is 1. The topological polar surface area (TPSA) is 58.6 Å². The minimum Gasteiger partial charge on any atom is -0.454 e. The number of benzene rings is 2. The lowest BCUT2D eigenvalue weighted by atomic mass is 10.1.